The Morgan fingerprint density at radius 1 is 1.30 bits per heavy atom. The van der Waals surface area contributed by atoms with Crippen LogP contribution in [0.4, 0.5) is 10.1 Å². The third kappa shape index (κ3) is 4.60. The number of hydrogen-bond donors (Lipinski definition) is 1. The third-order valence-corrected chi connectivity index (χ3v) is 3.68. The number of hydrogen-bond acceptors (Lipinski definition) is 3. The van der Waals surface area contributed by atoms with Gasteiger partial charge >= 0.3 is 0 Å². The number of nitrogens with one attached hydrogen (secondary N) is 1. The van der Waals surface area contributed by atoms with Crippen LogP contribution < -0.4 is 10.1 Å². The van der Waals surface area contributed by atoms with Crippen molar-refractivity contribution < 1.29 is 13.9 Å². The minimum absolute atomic E-state index is 0.0184. The van der Waals surface area contributed by atoms with Crippen molar-refractivity contribution in [2.24, 2.45) is 0 Å². The van der Waals surface area contributed by atoms with Crippen molar-refractivity contribution in [1.82, 2.24) is 4.90 Å². The summed E-state index contributed by atoms with van der Waals surface area (Å²) in [6.07, 6.45) is 0. The molecule has 0 atom stereocenters. The van der Waals surface area contributed by atoms with Crippen LogP contribution in [0.3, 0.4) is 0 Å². The number of carbonyl (C=O) groups is 1. The number of methoxy groups -OCH3 is 1. The van der Waals surface area contributed by atoms with Crippen LogP contribution in [0.25, 0.3) is 0 Å². The average Bonchev–Trinajstić information content (AvgIpc) is 2.56. The highest BCUT2D eigenvalue weighted by atomic mass is 35.5. The molecule has 0 aliphatic heterocycles. The van der Waals surface area contributed by atoms with Crippen molar-refractivity contribution in [1.29, 1.82) is 0 Å². The Morgan fingerprint density at radius 3 is 2.74 bits per heavy atom. The average molecular weight is 337 g/mol. The standard InChI is InChI=1S/C17H18ClFN2O2/c1-21(11-12-5-3-4-6-16(12)23-2)17(22)10-20-13-7-8-15(19)14(18)9-13/h3-9,20H,10-11H2,1-2H3. The molecule has 0 aliphatic rings. The Kier molecular flexibility index (Phi) is 5.82. The monoisotopic (exact) mass is 336 g/mol. The largest absolute Gasteiger partial charge is 0.496 e. The molecule has 1 N–H and O–H groups in total. The molecule has 0 heterocycles. The fourth-order valence-corrected chi connectivity index (χ4v) is 2.28. The van der Waals surface area contributed by atoms with Crippen molar-refractivity contribution in [3.8, 4) is 5.75 Å². The first-order chi connectivity index (χ1) is 11.0. The molecule has 0 radical (unpaired) electrons. The van der Waals surface area contributed by atoms with E-state index in [4.69, 9.17) is 16.3 Å². The lowest BCUT2D eigenvalue weighted by Gasteiger charge is -2.19. The van der Waals surface area contributed by atoms with Gasteiger partial charge in [0.05, 0.1) is 18.7 Å². The quantitative estimate of drug-likeness (QED) is 0.877. The summed E-state index contributed by atoms with van der Waals surface area (Å²) in [5.74, 6) is 0.151. The Morgan fingerprint density at radius 2 is 2.04 bits per heavy atom. The summed E-state index contributed by atoms with van der Waals surface area (Å²) in [5.41, 5.74) is 1.52. The highest BCUT2D eigenvalue weighted by Gasteiger charge is 2.12. The van der Waals surface area contributed by atoms with E-state index in [0.29, 0.717) is 12.2 Å². The smallest absolute Gasteiger partial charge is 0.241 e. The SMILES string of the molecule is COc1ccccc1CN(C)C(=O)CNc1ccc(F)c(Cl)c1. The number of halogens is 2. The normalized spacial score (nSPS) is 10.3. The van der Waals surface area contributed by atoms with Crippen LogP contribution >= 0.6 is 11.6 Å². The lowest BCUT2D eigenvalue weighted by Crippen LogP contribution is -2.31. The molecule has 2 aromatic rings. The Balaban J connectivity index is 1.93. The molecule has 0 saturated carbocycles. The summed E-state index contributed by atoms with van der Waals surface area (Å²) in [6.45, 7) is 0.530. The first-order valence-corrected chi connectivity index (χ1v) is 7.44. The summed E-state index contributed by atoms with van der Waals surface area (Å²) in [4.78, 5) is 13.8. The first-order valence-electron chi connectivity index (χ1n) is 7.06. The zero-order valence-electron chi connectivity index (χ0n) is 13.0. The maximum absolute atomic E-state index is 13.1. The van der Waals surface area contributed by atoms with Gasteiger partial charge in [-0.15, -0.1) is 0 Å². The highest BCUT2D eigenvalue weighted by molar-refractivity contribution is 6.31. The lowest BCUT2D eigenvalue weighted by molar-refractivity contribution is -0.128. The number of benzene rings is 2. The van der Waals surface area contributed by atoms with E-state index in [9.17, 15) is 9.18 Å². The fraction of sp³-hybridized carbons (Fsp3) is 0.235. The zero-order chi connectivity index (χ0) is 16.8. The summed E-state index contributed by atoms with van der Waals surface area (Å²) >= 11 is 5.71. The number of nitrogens with zero attached hydrogens (tertiary/aromatic N) is 1. The molecule has 0 fully saturated rings. The molecule has 0 unspecified atom stereocenters. The van der Waals surface area contributed by atoms with Gasteiger partial charge in [-0.3, -0.25) is 4.79 Å². The number of ether oxygens (including phenoxy) is 1. The van der Waals surface area contributed by atoms with E-state index < -0.39 is 5.82 Å². The molecule has 0 aromatic heterocycles. The molecule has 0 saturated heterocycles. The van der Waals surface area contributed by atoms with Gasteiger partial charge in [0.1, 0.15) is 11.6 Å². The van der Waals surface area contributed by atoms with Crippen LogP contribution in [-0.2, 0) is 11.3 Å². The van der Waals surface area contributed by atoms with Gasteiger partial charge in [-0.1, -0.05) is 29.8 Å². The zero-order valence-corrected chi connectivity index (χ0v) is 13.7. The van der Waals surface area contributed by atoms with E-state index in [1.54, 1.807) is 19.1 Å². The van der Waals surface area contributed by atoms with E-state index in [0.717, 1.165) is 11.3 Å². The third-order valence-electron chi connectivity index (χ3n) is 3.39. The minimum atomic E-state index is -0.489. The summed E-state index contributed by atoms with van der Waals surface area (Å²) in [5, 5.41) is 2.95. The maximum Gasteiger partial charge on any atom is 0.241 e. The van der Waals surface area contributed by atoms with Crippen LogP contribution in [0.2, 0.25) is 5.02 Å². The van der Waals surface area contributed by atoms with Crippen molar-refractivity contribution in [2.75, 3.05) is 26.0 Å². The number of para-hydroxylation sites is 1. The van der Waals surface area contributed by atoms with E-state index in [-0.39, 0.29) is 17.5 Å². The Labute approximate surface area is 139 Å². The van der Waals surface area contributed by atoms with E-state index in [2.05, 4.69) is 5.32 Å². The Bertz CT molecular complexity index is 694. The predicted octanol–water partition coefficient (Wildman–Crippen LogP) is 3.56. The minimum Gasteiger partial charge on any atom is -0.496 e. The fourth-order valence-electron chi connectivity index (χ4n) is 2.10. The van der Waals surface area contributed by atoms with Gasteiger partial charge in [0.25, 0.3) is 0 Å². The van der Waals surface area contributed by atoms with Crippen LogP contribution in [0.1, 0.15) is 5.56 Å². The molecular formula is C17H18ClFN2O2. The number of rotatable bonds is 6. The molecule has 0 spiro atoms. The number of carbonyl (C=O) groups excluding carboxylic acids is 1. The second-order valence-corrected chi connectivity index (χ2v) is 5.45. The number of amides is 1. The lowest BCUT2D eigenvalue weighted by atomic mass is 10.2. The number of likely N-dealkylation sites (N-methyl/N-ethyl adjacent to an activating group) is 1. The topological polar surface area (TPSA) is 41.6 Å². The van der Waals surface area contributed by atoms with Gasteiger partial charge in [0, 0.05) is 24.8 Å². The van der Waals surface area contributed by atoms with Crippen molar-refractivity contribution in [3.63, 3.8) is 0 Å². The molecular weight excluding hydrogens is 319 g/mol. The van der Waals surface area contributed by atoms with Crippen LogP contribution in [0, 0.1) is 5.82 Å². The molecule has 0 aliphatic carbocycles. The first kappa shape index (κ1) is 17.1. The van der Waals surface area contributed by atoms with Gasteiger partial charge < -0.3 is 15.0 Å². The molecule has 6 heteroatoms. The number of anilines is 1. The van der Waals surface area contributed by atoms with Gasteiger partial charge in [-0.05, 0) is 24.3 Å². The van der Waals surface area contributed by atoms with Crippen LogP contribution in [0.15, 0.2) is 42.5 Å². The predicted molar refractivity (Wildman–Crippen MR) is 89.4 cm³/mol. The van der Waals surface area contributed by atoms with Crippen molar-refractivity contribution >= 4 is 23.2 Å². The van der Waals surface area contributed by atoms with Crippen molar-refractivity contribution in [3.05, 3.63) is 58.9 Å². The molecule has 4 nitrogen and oxygen atoms in total. The second kappa shape index (κ2) is 7.83. The molecule has 1 amide bonds. The summed E-state index contributed by atoms with van der Waals surface area (Å²) < 4.78 is 18.4. The second-order valence-electron chi connectivity index (χ2n) is 5.04. The summed E-state index contributed by atoms with van der Waals surface area (Å²) in [7, 11) is 3.31. The molecule has 122 valence electrons. The van der Waals surface area contributed by atoms with Gasteiger partial charge in [-0.2, -0.15) is 0 Å². The Hall–Kier alpha value is -2.27. The molecule has 23 heavy (non-hydrogen) atoms. The summed E-state index contributed by atoms with van der Waals surface area (Å²) in [6, 6.07) is 11.8. The molecule has 0 bridgehead atoms. The van der Waals surface area contributed by atoms with E-state index in [1.165, 1.54) is 18.2 Å². The van der Waals surface area contributed by atoms with E-state index in [1.807, 2.05) is 24.3 Å². The molecule has 2 rings (SSSR count). The highest BCUT2D eigenvalue weighted by Crippen LogP contribution is 2.20. The van der Waals surface area contributed by atoms with Gasteiger partial charge in [0.15, 0.2) is 0 Å². The maximum atomic E-state index is 13.1. The molecule has 2 aromatic carbocycles. The van der Waals surface area contributed by atoms with E-state index >= 15 is 0 Å². The van der Waals surface area contributed by atoms with Gasteiger partial charge in [0.2, 0.25) is 5.91 Å². The van der Waals surface area contributed by atoms with Crippen LogP contribution in [-0.4, -0.2) is 31.5 Å². The van der Waals surface area contributed by atoms with Crippen molar-refractivity contribution in [2.45, 2.75) is 6.54 Å². The van der Waals surface area contributed by atoms with Crippen LogP contribution in [0.5, 0.6) is 5.75 Å². The van der Waals surface area contributed by atoms with Gasteiger partial charge in [-0.25, -0.2) is 4.39 Å².